The second kappa shape index (κ2) is 18.5. The smallest absolute Gasteiger partial charge is 0.303 e. The summed E-state index contributed by atoms with van der Waals surface area (Å²) in [5.41, 5.74) is 0.931. The Morgan fingerprint density at radius 2 is 0.918 bits per heavy atom. The molecule has 0 spiro atoms. The Balaban J connectivity index is 0.000000201. The van der Waals surface area contributed by atoms with Crippen LogP contribution in [0.4, 0.5) is 0 Å². The van der Waals surface area contributed by atoms with Crippen molar-refractivity contribution in [1.82, 2.24) is 0 Å². The molecule has 8 nitrogen and oxygen atoms in total. The van der Waals surface area contributed by atoms with Crippen LogP contribution in [0.15, 0.2) is 0 Å². The minimum Gasteiger partial charge on any atom is -0.550 e. The first-order valence-electron chi connectivity index (χ1n) is 25.4. The molecule has 8 saturated carbocycles. The number of hydrogen-bond donors (Lipinski definition) is 5. The lowest BCUT2D eigenvalue weighted by Crippen LogP contribution is -2.62. The predicted molar refractivity (Wildman–Crippen MR) is 239 cm³/mol. The Bertz CT molecular complexity index is 1410. The van der Waals surface area contributed by atoms with E-state index in [1.54, 1.807) is 0 Å². The second-order valence-electron chi connectivity index (χ2n) is 24.0. The molecule has 61 heavy (non-hydrogen) atoms. The molecule has 0 aromatic carbocycles. The number of aliphatic hydroxyl groups is 4. The van der Waals surface area contributed by atoms with Gasteiger partial charge in [0.15, 0.2) is 0 Å². The molecule has 0 aromatic rings. The van der Waals surface area contributed by atoms with E-state index in [0.717, 1.165) is 57.8 Å². The number of rotatable bonds is 10. The van der Waals surface area contributed by atoms with E-state index >= 15 is 0 Å². The summed E-state index contributed by atoms with van der Waals surface area (Å²) in [6, 6.07) is 0. The Morgan fingerprint density at radius 1 is 0.557 bits per heavy atom. The fourth-order valence-corrected chi connectivity index (χ4v) is 19.0. The van der Waals surface area contributed by atoms with E-state index in [1.165, 1.54) is 51.4 Å². The Labute approximate surface area is 371 Å². The van der Waals surface area contributed by atoms with Gasteiger partial charge in [-0.1, -0.05) is 68.2 Å². The van der Waals surface area contributed by atoms with Gasteiger partial charge in [-0.25, -0.2) is 0 Å². The van der Waals surface area contributed by atoms with E-state index < -0.39 is 11.9 Å². The van der Waals surface area contributed by atoms with Crippen molar-refractivity contribution in [2.75, 3.05) is 0 Å². The molecule has 8 rings (SSSR count). The van der Waals surface area contributed by atoms with Crippen molar-refractivity contribution in [2.24, 2.45) is 105 Å². The lowest BCUT2D eigenvalue weighted by atomic mass is 9.41. The van der Waals surface area contributed by atoms with Gasteiger partial charge in [-0.05, 0) is 214 Å². The van der Waals surface area contributed by atoms with E-state index in [4.69, 9.17) is 5.11 Å². The maximum atomic E-state index is 11.7. The van der Waals surface area contributed by atoms with Crippen LogP contribution >= 0.6 is 0 Å². The number of aliphatic hydroxyl groups excluding tert-OH is 4. The third-order valence-corrected chi connectivity index (χ3v) is 21.9. The summed E-state index contributed by atoms with van der Waals surface area (Å²) in [6.45, 7) is 18.8. The van der Waals surface area contributed by atoms with E-state index in [0.29, 0.717) is 89.3 Å². The first-order valence-corrected chi connectivity index (χ1v) is 25.4. The average Bonchev–Trinajstić information content (AvgIpc) is 3.74. The Kier molecular flexibility index (Phi) is 14.9. The first-order chi connectivity index (χ1) is 28.3. The standard InChI is InChI=1S/2C26H44O4.CH3/c2*1-5-17-21-14-16(27)10-12-26(21,4)20-11-13-25(3)18(15(2)6-9-22(28)29)7-8-19(25)23(20)24(17)30;/h2*15-21,23-24,27,30H,5-14H2,1-4H3,(H,28,29);1H3/q;;+1/p-1/t2*15-,16-,17-,18-,19?,20?,21+,23?,24-,25-,26-;/m11./s1. The van der Waals surface area contributed by atoms with Crippen molar-refractivity contribution in [3.8, 4) is 0 Å². The van der Waals surface area contributed by atoms with Crippen LogP contribution in [0.3, 0.4) is 0 Å². The number of carboxylic acid groups (broad SMARTS) is 2. The van der Waals surface area contributed by atoms with E-state index in [2.05, 4.69) is 55.4 Å². The summed E-state index contributed by atoms with van der Waals surface area (Å²) in [5.74, 6) is 4.78. The summed E-state index contributed by atoms with van der Waals surface area (Å²) >= 11 is 0. The lowest BCUT2D eigenvalue weighted by molar-refractivity contribution is -0.306. The van der Waals surface area contributed by atoms with Gasteiger partial charge in [-0.2, -0.15) is 0 Å². The van der Waals surface area contributed by atoms with Gasteiger partial charge in [0.2, 0.25) is 0 Å². The van der Waals surface area contributed by atoms with Crippen LogP contribution in [0.25, 0.3) is 0 Å². The van der Waals surface area contributed by atoms with Crippen LogP contribution < -0.4 is 5.11 Å². The zero-order valence-corrected chi connectivity index (χ0v) is 40.0. The lowest BCUT2D eigenvalue weighted by Gasteiger charge is -2.64. The van der Waals surface area contributed by atoms with Crippen molar-refractivity contribution in [1.29, 1.82) is 0 Å². The number of hydrogen-bond acceptors (Lipinski definition) is 7. The van der Waals surface area contributed by atoms with Gasteiger partial charge in [0.1, 0.15) is 0 Å². The molecular weight excluding hydrogens is 765 g/mol. The SMILES string of the molecule is CC[C@H]1[C@@H](O)C2C3CC[C@H]([C@H](C)CCC(=O)O)[C@@]3(C)CCC2[C@@]2(C)CC[C@@H](O)C[C@@H]12.CC[C@H]1[C@@H](O)C2C3CC[C@H]([C@H](C)CCC(=O)[O-])[C@@]3(C)CCC2[C@@]2(C)CC[C@@H](O)C[C@@H]12.[CH3+]. The highest BCUT2D eigenvalue weighted by atomic mass is 16.4. The van der Waals surface area contributed by atoms with Crippen LogP contribution in [-0.4, -0.2) is 61.9 Å². The van der Waals surface area contributed by atoms with Gasteiger partial charge in [-0.15, -0.1) is 0 Å². The summed E-state index contributed by atoms with van der Waals surface area (Å²) < 4.78 is 0. The molecule has 0 bridgehead atoms. The second-order valence-corrected chi connectivity index (χ2v) is 24.0. The van der Waals surface area contributed by atoms with Crippen molar-refractivity contribution in [3.05, 3.63) is 7.43 Å². The third kappa shape index (κ3) is 8.29. The van der Waals surface area contributed by atoms with Crippen LogP contribution in [0.2, 0.25) is 0 Å². The molecule has 6 unspecified atom stereocenters. The van der Waals surface area contributed by atoms with Gasteiger partial charge in [0.05, 0.1) is 24.4 Å². The van der Waals surface area contributed by atoms with Crippen LogP contribution in [0.5, 0.6) is 0 Å². The fraction of sp³-hybridized carbons (Fsp3) is 0.943. The number of carboxylic acids is 2. The molecule has 0 aliphatic heterocycles. The fourth-order valence-electron chi connectivity index (χ4n) is 19.0. The molecule has 0 heterocycles. The monoisotopic (exact) mass is 855 g/mol. The maximum Gasteiger partial charge on any atom is 0.303 e. The highest BCUT2D eigenvalue weighted by Crippen LogP contribution is 2.71. The largest absolute Gasteiger partial charge is 0.550 e. The number of aliphatic carboxylic acids is 2. The summed E-state index contributed by atoms with van der Waals surface area (Å²) in [4.78, 5) is 22.1. The van der Waals surface area contributed by atoms with Gasteiger partial charge in [0.25, 0.3) is 0 Å². The number of fused-ring (bicyclic) bond motifs is 10. The molecule has 8 aliphatic rings. The average molecular weight is 855 g/mol. The molecule has 0 amide bonds. The van der Waals surface area contributed by atoms with Crippen molar-refractivity contribution in [3.63, 3.8) is 0 Å². The number of carbonyl (C=O) groups is 2. The minimum absolute atomic E-state index is 0. The van der Waals surface area contributed by atoms with E-state index in [1.807, 2.05) is 0 Å². The third-order valence-electron chi connectivity index (χ3n) is 21.9. The molecule has 8 heteroatoms. The molecule has 5 N–H and O–H groups in total. The zero-order valence-electron chi connectivity index (χ0n) is 40.0. The van der Waals surface area contributed by atoms with Crippen molar-refractivity contribution >= 4 is 11.9 Å². The zero-order chi connectivity index (χ0) is 43.7. The van der Waals surface area contributed by atoms with Gasteiger partial charge in [0, 0.05) is 19.8 Å². The summed E-state index contributed by atoms with van der Waals surface area (Å²) in [7, 11) is 0. The molecule has 22 atom stereocenters. The van der Waals surface area contributed by atoms with Gasteiger partial charge in [-0.3, -0.25) is 4.79 Å². The highest BCUT2D eigenvalue weighted by molar-refractivity contribution is 5.66. The Hall–Kier alpha value is -1.35. The normalized spacial score (nSPS) is 50.7. The summed E-state index contributed by atoms with van der Waals surface area (Å²) in [6.07, 6.45) is 18.3. The topological polar surface area (TPSA) is 158 Å². The quantitative estimate of drug-likeness (QED) is 0.136. The van der Waals surface area contributed by atoms with Gasteiger partial charge >= 0.3 is 5.97 Å². The van der Waals surface area contributed by atoms with Crippen molar-refractivity contribution < 1.29 is 40.2 Å². The van der Waals surface area contributed by atoms with Crippen LogP contribution in [0.1, 0.15) is 184 Å². The van der Waals surface area contributed by atoms with E-state index in [9.17, 15) is 35.1 Å². The molecule has 8 aliphatic carbocycles. The van der Waals surface area contributed by atoms with Gasteiger partial charge < -0.3 is 35.4 Å². The Morgan fingerprint density at radius 3 is 1.28 bits per heavy atom. The molecule has 350 valence electrons. The molecule has 0 aromatic heterocycles. The molecule has 0 radical (unpaired) electrons. The number of carbonyl (C=O) groups excluding carboxylic acids is 1. The summed E-state index contributed by atoms with van der Waals surface area (Å²) in [5, 5.41) is 64.4. The predicted octanol–water partition coefficient (Wildman–Crippen LogP) is 9.34. The molecular formula is C53H90O8. The highest BCUT2D eigenvalue weighted by Gasteiger charge is 2.66. The molecule has 0 saturated heterocycles. The molecule has 8 fully saturated rings. The van der Waals surface area contributed by atoms with Crippen molar-refractivity contribution in [2.45, 2.75) is 208 Å². The van der Waals surface area contributed by atoms with Crippen LogP contribution in [0, 0.1) is 112 Å². The van der Waals surface area contributed by atoms with Crippen LogP contribution in [-0.2, 0) is 9.59 Å². The minimum atomic E-state index is -0.933. The first kappa shape index (κ1) is 49.1. The maximum absolute atomic E-state index is 11.7. The van der Waals surface area contributed by atoms with E-state index in [-0.39, 0.29) is 66.3 Å².